The molecule has 2 heterocycles. The molecule has 2 aromatic carbocycles. The Morgan fingerprint density at radius 1 is 0.880 bits per heavy atom. The number of benzene rings is 2. The van der Waals surface area contributed by atoms with Crippen LogP contribution in [0.25, 0.3) is 22.1 Å². The first-order valence-corrected chi connectivity index (χ1v) is 7.82. The average Bonchev–Trinajstić information content (AvgIpc) is 2.65. The molecule has 6 heteroatoms. The van der Waals surface area contributed by atoms with E-state index in [0.717, 1.165) is 22.2 Å². The molecule has 25 heavy (non-hydrogen) atoms. The normalized spacial score (nSPS) is 10.9. The Balaban J connectivity index is 1.55. The van der Waals surface area contributed by atoms with Crippen molar-refractivity contribution in [3.8, 4) is 0 Å². The molecule has 0 spiro atoms. The van der Waals surface area contributed by atoms with Crippen molar-refractivity contribution in [1.29, 1.82) is 0 Å². The summed E-state index contributed by atoms with van der Waals surface area (Å²) in [6.45, 7) is 1.88. The smallest absolute Gasteiger partial charge is 0.358 e. The SMILES string of the molecule is Cc1nc2ccccc2nc1COC(=O)c1cnc2ccccc2n1. The van der Waals surface area contributed by atoms with Gasteiger partial charge in [0.15, 0.2) is 5.69 Å². The number of hydrogen-bond acceptors (Lipinski definition) is 6. The average molecular weight is 330 g/mol. The van der Waals surface area contributed by atoms with E-state index in [0.29, 0.717) is 11.2 Å². The third-order valence-electron chi connectivity index (χ3n) is 3.84. The quantitative estimate of drug-likeness (QED) is 0.537. The molecule has 2 aromatic heterocycles. The van der Waals surface area contributed by atoms with E-state index in [1.165, 1.54) is 6.20 Å². The fourth-order valence-electron chi connectivity index (χ4n) is 2.52. The Hall–Kier alpha value is -3.41. The number of ether oxygens (including phenoxy) is 1. The maximum atomic E-state index is 12.3. The summed E-state index contributed by atoms with van der Waals surface area (Å²) in [5.74, 6) is -0.535. The molecule has 0 fully saturated rings. The monoisotopic (exact) mass is 330 g/mol. The molecule has 0 radical (unpaired) electrons. The Bertz CT molecular complexity index is 1090. The van der Waals surface area contributed by atoms with E-state index in [1.54, 1.807) is 6.07 Å². The summed E-state index contributed by atoms with van der Waals surface area (Å²) >= 11 is 0. The Morgan fingerprint density at radius 3 is 2.20 bits per heavy atom. The molecule has 4 aromatic rings. The molecule has 0 bridgehead atoms. The van der Waals surface area contributed by atoms with Gasteiger partial charge in [-0.1, -0.05) is 24.3 Å². The lowest BCUT2D eigenvalue weighted by Gasteiger charge is -2.08. The predicted octanol–water partition coefficient (Wildman–Crippen LogP) is 3.24. The topological polar surface area (TPSA) is 77.9 Å². The van der Waals surface area contributed by atoms with Gasteiger partial charge in [0.1, 0.15) is 6.61 Å². The minimum Gasteiger partial charge on any atom is -0.454 e. The van der Waals surface area contributed by atoms with Crippen LogP contribution in [0.3, 0.4) is 0 Å². The van der Waals surface area contributed by atoms with E-state index < -0.39 is 5.97 Å². The molecule has 0 saturated carbocycles. The molecule has 0 atom stereocenters. The van der Waals surface area contributed by atoms with Gasteiger partial charge in [0.2, 0.25) is 0 Å². The van der Waals surface area contributed by atoms with Gasteiger partial charge in [-0.15, -0.1) is 0 Å². The maximum Gasteiger partial charge on any atom is 0.358 e. The minimum absolute atomic E-state index is 0.0387. The number of carbonyl (C=O) groups excluding carboxylic acids is 1. The van der Waals surface area contributed by atoms with E-state index >= 15 is 0 Å². The second-order valence-electron chi connectivity index (χ2n) is 5.56. The zero-order valence-electron chi connectivity index (χ0n) is 13.5. The summed E-state index contributed by atoms with van der Waals surface area (Å²) in [5.41, 5.74) is 4.50. The van der Waals surface area contributed by atoms with E-state index in [-0.39, 0.29) is 12.3 Å². The number of para-hydroxylation sites is 4. The number of aryl methyl sites for hydroxylation is 1. The highest BCUT2D eigenvalue weighted by atomic mass is 16.5. The van der Waals surface area contributed by atoms with Gasteiger partial charge in [-0.25, -0.2) is 19.7 Å². The van der Waals surface area contributed by atoms with Crippen molar-refractivity contribution in [3.05, 3.63) is 71.8 Å². The summed E-state index contributed by atoms with van der Waals surface area (Å²) < 4.78 is 5.35. The molecular formula is C19H14N4O2. The molecule has 0 aliphatic heterocycles. The second kappa shape index (κ2) is 6.24. The highest BCUT2D eigenvalue weighted by Gasteiger charge is 2.13. The molecule has 0 saturated heterocycles. The number of aromatic nitrogens is 4. The Kier molecular flexibility index (Phi) is 3.78. The lowest BCUT2D eigenvalue weighted by Crippen LogP contribution is -2.10. The Morgan fingerprint density at radius 2 is 1.48 bits per heavy atom. The van der Waals surface area contributed by atoms with Gasteiger partial charge in [-0.05, 0) is 31.2 Å². The van der Waals surface area contributed by atoms with Crippen molar-refractivity contribution in [2.45, 2.75) is 13.5 Å². The van der Waals surface area contributed by atoms with Crippen LogP contribution in [0.4, 0.5) is 0 Å². The molecule has 4 rings (SSSR count). The summed E-state index contributed by atoms with van der Waals surface area (Å²) in [6, 6.07) is 14.9. The zero-order valence-corrected chi connectivity index (χ0v) is 13.5. The number of rotatable bonds is 3. The van der Waals surface area contributed by atoms with Gasteiger partial charge >= 0.3 is 5.97 Å². The van der Waals surface area contributed by atoms with E-state index in [1.807, 2.05) is 49.4 Å². The Labute approximate surface area is 143 Å². The van der Waals surface area contributed by atoms with Crippen LogP contribution in [0.5, 0.6) is 0 Å². The fourth-order valence-corrected chi connectivity index (χ4v) is 2.52. The number of fused-ring (bicyclic) bond motifs is 2. The lowest BCUT2D eigenvalue weighted by atomic mass is 10.2. The van der Waals surface area contributed by atoms with Gasteiger partial charge in [-0.3, -0.25) is 4.98 Å². The first-order valence-electron chi connectivity index (χ1n) is 7.82. The third-order valence-corrected chi connectivity index (χ3v) is 3.84. The number of esters is 1. The van der Waals surface area contributed by atoms with E-state index in [9.17, 15) is 4.79 Å². The van der Waals surface area contributed by atoms with E-state index in [2.05, 4.69) is 19.9 Å². The second-order valence-corrected chi connectivity index (χ2v) is 5.56. The highest BCUT2D eigenvalue weighted by molar-refractivity contribution is 5.89. The third kappa shape index (κ3) is 3.01. The van der Waals surface area contributed by atoms with Crippen LogP contribution in [0.2, 0.25) is 0 Å². The first kappa shape index (κ1) is 15.1. The minimum atomic E-state index is -0.535. The molecule has 122 valence electrons. The van der Waals surface area contributed by atoms with Crippen LogP contribution in [0.15, 0.2) is 54.7 Å². The zero-order chi connectivity index (χ0) is 17.2. The fraction of sp³-hybridized carbons (Fsp3) is 0.105. The number of nitrogens with zero attached hydrogens (tertiary/aromatic N) is 4. The summed E-state index contributed by atoms with van der Waals surface area (Å²) in [6.07, 6.45) is 1.42. The first-order chi connectivity index (χ1) is 12.2. The lowest BCUT2D eigenvalue weighted by molar-refractivity contribution is 0.0460. The van der Waals surface area contributed by atoms with Crippen LogP contribution in [0.1, 0.15) is 21.9 Å². The summed E-state index contributed by atoms with van der Waals surface area (Å²) in [5, 5.41) is 0. The van der Waals surface area contributed by atoms with Crippen molar-refractivity contribution >= 4 is 28.0 Å². The summed E-state index contributed by atoms with van der Waals surface area (Å²) in [7, 11) is 0. The van der Waals surface area contributed by atoms with Gasteiger partial charge in [0, 0.05) is 0 Å². The standard InChI is InChI=1S/C19H14N4O2/c1-12-18(23-16-9-5-4-8-15(16)21-12)11-25-19(24)17-10-20-13-6-2-3-7-14(13)22-17/h2-10H,11H2,1H3. The van der Waals surface area contributed by atoms with Crippen molar-refractivity contribution in [1.82, 2.24) is 19.9 Å². The van der Waals surface area contributed by atoms with Crippen molar-refractivity contribution in [2.75, 3.05) is 0 Å². The van der Waals surface area contributed by atoms with Crippen molar-refractivity contribution in [2.24, 2.45) is 0 Å². The maximum absolute atomic E-state index is 12.3. The van der Waals surface area contributed by atoms with Crippen molar-refractivity contribution in [3.63, 3.8) is 0 Å². The van der Waals surface area contributed by atoms with Gasteiger partial charge in [-0.2, -0.15) is 0 Å². The van der Waals surface area contributed by atoms with Gasteiger partial charge in [0.25, 0.3) is 0 Å². The van der Waals surface area contributed by atoms with Crippen LogP contribution in [0, 0.1) is 6.92 Å². The molecule has 0 aliphatic carbocycles. The number of hydrogen-bond donors (Lipinski definition) is 0. The van der Waals surface area contributed by atoms with Crippen LogP contribution >= 0.6 is 0 Å². The van der Waals surface area contributed by atoms with Crippen LogP contribution in [-0.4, -0.2) is 25.9 Å². The van der Waals surface area contributed by atoms with E-state index in [4.69, 9.17) is 4.74 Å². The molecule has 0 amide bonds. The highest BCUT2D eigenvalue weighted by Crippen LogP contribution is 2.14. The molecule has 0 aliphatic rings. The molecule has 0 unspecified atom stereocenters. The molecule has 6 nitrogen and oxygen atoms in total. The van der Waals surface area contributed by atoms with Crippen LogP contribution in [-0.2, 0) is 11.3 Å². The van der Waals surface area contributed by atoms with Gasteiger partial charge in [0.05, 0.1) is 39.7 Å². The summed E-state index contributed by atoms with van der Waals surface area (Å²) in [4.78, 5) is 29.8. The predicted molar refractivity (Wildman–Crippen MR) is 92.9 cm³/mol. The van der Waals surface area contributed by atoms with Gasteiger partial charge < -0.3 is 4.74 Å². The molecule has 0 N–H and O–H groups in total. The van der Waals surface area contributed by atoms with Crippen LogP contribution < -0.4 is 0 Å². The largest absolute Gasteiger partial charge is 0.454 e. The number of carbonyl (C=O) groups is 1. The van der Waals surface area contributed by atoms with Crippen molar-refractivity contribution < 1.29 is 9.53 Å². The molecular weight excluding hydrogens is 316 g/mol.